The van der Waals surface area contributed by atoms with Gasteiger partial charge in [-0.2, -0.15) is 0 Å². The van der Waals surface area contributed by atoms with E-state index in [0.717, 1.165) is 64.6 Å². The summed E-state index contributed by atoms with van der Waals surface area (Å²) in [6.45, 7) is 3.42. The number of hydrogen-bond acceptors (Lipinski definition) is 6. The van der Waals surface area contributed by atoms with Crippen LogP contribution in [0.4, 0.5) is 0 Å². The van der Waals surface area contributed by atoms with Crippen LogP contribution in [0.25, 0.3) is 0 Å². The van der Waals surface area contributed by atoms with Crippen molar-refractivity contribution in [3.05, 3.63) is 0 Å². The van der Waals surface area contributed by atoms with Crippen LogP contribution in [0.1, 0.15) is 90.4 Å². The number of Topliss-reactive ketones (excluding diaryl/α,β-unsaturated/α-hetero) is 2. The van der Waals surface area contributed by atoms with E-state index in [4.69, 9.17) is 14.2 Å². The predicted molar refractivity (Wildman–Crippen MR) is 105 cm³/mol. The fourth-order valence-corrected chi connectivity index (χ4v) is 3.72. The number of carbonyl (C=O) groups excluding carboxylic acids is 3. The van der Waals surface area contributed by atoms with Crippen LogP contribution in [0.2, 0.25) is 0 Å². The highest BCUT2D eigenvalue weighted by Gasteiger charge is 2.57. The minimum Gasteiger partial charge on any atom is -0.460 e. The van der Waals surface area contributed by atoms with Crippen molar-refractivity contribution in [3.8, 4) is 0 Å². The van der Waals surface area contributed by atoms with Gasteiger partial charge in [-0.25, -0.2) is 4.79 Å². The molecule has 28 heavy (non-hydrogen) atoms. The third kappa shape index (κ3) is 7.28. The van der Waals surface area contributed by atoms with Gasteiger partial charge in [-0.3, -0.25) is 9.59 Å². The van der Waals surface area contributed by atoms with Gasteiger partial charge in [0.25, 0.3) is 5.78 Å². The summed E-state index contributed by atoms with van der Waals surface area (Å²) in [5.74, 6) is -1.57. The van der Waals surface area contributed by atoms with E-state index in [-0.39, 0.29) is 18.7 Å². The minimum absolute atomic E-state index is 0.0109. The van der Waals surface area contributed by atoms with Crippen molar-refractivity contribution in [2.24, 2.45) is 5.41 Å². The van der Waals surface area contributed by atoms with Crippen LogP contribution in [-0.2, 0) is 28.6 Å². The van der Waals surface area contributed by atoms with Gasteiger partial charge >= 0.3 is 5.97 Å². The number of unbranched alkanes of at least 4 members (excludes halogenated alkanes) is 6. The summed E-state index contributed by atoms with van der Waals surface area (Å²) in [7, 11) is 0. The van der Waals surface area contributed by atoms with Crippen molar-refractivity contribution in [2.45, 2.75) is 96.7 Å². The second-order valence-electron chi connectivity index (χ2n) is 7.95. The molecule has 0 radical (unpaired) electrons. The number of rotatable bonds is 15. The van der Waals surface area contributed by atoms with Gasteiger partial charge in [0, 0.05) is 19.6 Å². The number of ether oxygens (including phenoxy) is 3. The van der Waals surface area contributed by atoms with Gasteiger partial charge in [0.1, 0.15) is 5.78 Å². The summed E-state index contributed by atoms with van der Waals surface area (Å²) in [5.41, 5.74) is -1.05. The molecule has 1 aliphatic heterocycles. The monoisotopic (exact) mass is 396 g/mol. The molecule has 1 heterocycles. The van der Waals surface area contributed by atoms with E-state index in [9.17, 15) is 14.4 Å². The van der Waals surface area contributed by atoms with Crippen molar-refractivity contribution in [1.29, 1.82) is 0 Å². The fourth-order valence-electron chi connectivity index (χ4n) is 3.72. The first-order valence-electron chi connectivity index (χ1n) is 11.1. The zero-order valence-corrected chi connectivity index (χ0v) is 17.3. The van der Waals surface area contributed by atoms with E-state index in [0.29, 0.717) is 19.3 Å². The summed E-state index contributed by atoms with van der Waals surface area (Å²) in [6, 6.07) is 0. The zero-order chi connectivity index (χ0) is 20.2. The molecule has 0 N–H and O–H groups in total. The Morgan fingerprint density at radius 1 is 0.964 bits per heavy atom. The molecule has 0 aromatic heterocycles. The minimum atomic E-state index is -1.05. The standard InChI is InChI=1S/C22H36O6/c1-2-26-21(25)20(24)22(14-15-22)18(23)12-8-6-4-3-5-7-10-16-27-19-13-9-11-17-28-19/h19H,2-17H2,1H3. The van der Waals surface area contributed by atoms with Gasteiger partial charge in [-0.05, 0) is 51.9 Å². The van der Waals surface area contributed by atoms with Gasteiger partial charge in [-0.15, -0.1) is 0 Å². The molecular weight excluding hydrogens is 360 g/mol. The molecule has 0 aromatic rings. The van der Waals surface area contributed by atoms with E-state index in [2.05, 4.69) is 0 Å². The van der Waals surface area contributed by atoms with Gasteiger partial charge in [-0.1, -0.05) is 32.1 Å². The highest BCUT2D eigenvalue weighted by Crippen LogP contribution is 2.48. The van der Waals surface area contributed by atoms with Crippen molar-refractivity contribution in [1.82, 2.24) is 0 Å². The lowest BCUT2D eigenvalue weighted by molar-refractivity contribution is -0.162. The van der Waals surface area contributed by atoms with Crippen molar-refractivity contribution in [3.63, 3.8) is 0 Å². The molecule has 0 bridgehead atoms. The summed E-state index contributed by atoms with van der Waals surface area (Å²) < 4.78 is 16.0. The largest absolute Gasteiger partial charge is 0.460 e. The van der Waals surface area contributed by atoms with Gasteiger partial charge in [0.05, 0.1) is 12.0 Å². The molecule has 0 spiro atoms. The quantitative estimate of drug-likeness (QED) is 0.179. The molecule has 0 amide bonds. The molecule has 2 rings (SSSR count). The first-order chi connectivity index (χ1) is 13.6. The first-order valence-corrected chi connectivity index (χ1v) is 11.1. The van der Waals surface area contributed by atoms with Crippen LogP contribution in [0.3, 0.4) is 0 Å². The maximum Gasteiger partial charge on any atom is 0.375 e. The van der Waals surface area contributed by atoms with Crippen molar-refractivity contribution in [2.75, 3.05) is 19.8 Å². The summed E-state index contributed by atoms with van der Waals surface area (Å²) in [6.07, 6.45) is 12.2. The molecule has 1 saturated heterocycles. The Hall–Kier alpha value is -1.27. The Morgan fingerprint density at radius 2 is 1.64 bits per heavy atom. The van der Waals surface area contributed by atoms with Crippen LogP contribution < -0.4 is 0 Å². The number of esters is 1. The van der Waals surface area contributed by atoms with E-state index in [1.807, 2.05) is 0 Å². The van der Waals surface area contributed by atoms with Gasteiger partial charge in [0.2, 0.25) is 0 Å². The second kappa shape index (κ2) is 12.3. The van der Waals surface area contributed by atoms with Crippen LogP contribution >= 0.6 is 0 Å². The molecule has 160 valence electrons. The Balaban J connectivity index is 1.44. The average molecular weight is 397 g/mol. The molecule has 6 nitrogen and oxygen atoms in total. The normalized spacial score (nSPS) is 20.5. The lowest BCUT2D eigenvalue weighted by atomic mass is 9.91. The Bertz CT molecular complexity index is 505. The Kier molecular flexibility index (Phi) is 10.1. The van der Waals surface area contributed by atoms with Crippen molar-refractivity contribution < 1.29 is 28.6 Å². The van der Waals surface area contributed by atoms with Crippen LogP contribution in [0, 0.1) is 5.41 Å². The molecule has 1 aliphatic carbocycles. The SMILES string of the molecule is CCOC(=O)C(=O)C1(C(=O)CCCCCCCCCOC2CCCCO2)CC1. The number of carbonyl (C=O) groups is 3. The molecule has 6 heteroatoms. The van der Waals surface area contributed by atoms with Crippen LogP contribution in [-0.4, -0.2) is 43.6 Å². The lowest BCUT2D eigenvalue weighted by Gasteiger charge is -2.22. The maximum atomic E-state index is 12.4. The topological polar surface area (TPSA) is 78.9 Å². The molecule has 1 atom stereocenters. The fraction of sp³-hybridized carbons (Fsp3) is 0.864. The molecular formula is C22H36O6. The smallest absolute Gasteiger partial charge is 0.375 e. The summed E-state index contributed by atoms with van der Waals surface area (Å²) >= 11 is 0. The van der Waals surface area contributed by atoms with E-state index < -0.39 is 17.2 Å². The zero-order valence-electron chi connectivity index (χ0n) is 17.3. The maximum absolute atomic E-state index is 12.4. The molecule has 2 fully saturated rings. The second-order valence-corrected chi connectivity index (χ2v) is 7.95. The van der Waals surface area contributed by atoms with E-state index in [1.54, 1.807) is 6.92 Å². The van der Waals surface area contributed by atoms with Crippen LogP contribution in [0.15, 0.2) is 0 Å². The Labute approximate surface area is 168 Å². The first kappa shape index (κ1) is 23.0. The molecule has 1 saturated carbocycles. The van der Waals surface area contributed by atoms with Crippen molar-refractivity contribution >= 4 is 17.5 Å². The highest BCUT2D eigenvalue weighted by atomic mass is 16.7. The van der Waals surface area contributed by atoms with E-state index in [1.165, 1.54) is 12.8 Å². The molecule has 0 aromatic carbocycles. The van der Waals surface area contributed by atoms with E-state index >= 15 is 0 Å². The molecule has 1 unspecified atom stereocenters. The Morgan fingerprint density at radius 3 is 2.25 bits per heavy atom. The number of ketones is 2. The van der Waals surface area contributed by atoms with Gasteiger partial charge < -0.3 is 14.2 Å². The third-order valence-corrected chi connectivity index (χ3v) is 5.67. The predicted octanol–water partition coefficient (Wildman–Crippen LogP) is 4.13. The summed E-state index contributed by atoms with van der Waals surface area (Å²) in [5, 5.41) is 0. The van der Waals surface area contributed by atoms with Gasteiger partial charge in [0.15, 0.2) is 6.29 Å². The van der Waals surface area contributed by atoms with Crippen LogP contribution in [0.5, 0.6) is 0 Å². The average Bonchev–Trinajstić information content (AvgIpc) is 3.51. The summed E-state index contributed by atoms with van der Waals surface area (Å²) in [4.78, 5) is 36.1. The highest BCUT2D eigenvalue weighted by molar-refractivity contribution is 6.41. The lowest BCUT2D eigenvalue weighted by Crippen LogP contribution is -2.33. The molecule has 2 aliphatic rings. The number of hydrogen-bond donors (Lipinski definition) is 0. The third-order valence-electron chi connectivity index (χ3n) is 5.67.